The number of aryl methyl sites for hydroxylation is 3. The summed E-state index contributed by atoms with van der Waals surface area (Å²) in [6, 6.07) is 21.6. The number of benzene rings is 4. The minimum atomic E-state index is 0.976. The highest BCUT2D eigenvalue weighted by Gasteiger charge is 2.32. The average Bonchev–Trinajstić information content (AvgIpc) is 2.73. The van der Waals surface area contributed by atoms with Crippen molar-refractivity contribution in [3.05, 3.63) is 78.0 Å². The van der Waals surface area contributed by atoms with Gasteiger partial charge < -0.3 is 4.74 Å². The molecule has 6 rings (SSSR count). The van der Waals surface area contributed by atoms with Crippen molar-refractivity contribution in [1.29, 1.82) is 0 Å². The molecule has 0 radical (unpaired) electrons. The third kappa shape index (κ3) is 1.85. The maximum atomic E-state index is 6.72. The van der Waals surface area contributed by atoms with Gasteiger partial charge in [0.1, 0.15) is 18.5 Å². The van der Waals surface area contributed by atoms with Gasteiger partial charge in [0.2, 0.25) is 5.69 Å². The molecule has 4 aromatic carbocycles. The molecule has 2 heteroatoms. The van der Waals surface area contributed by atoms with Gasteiger partial charge in [-0.15, -0.1) is 0 Å². The minimum Gasteiger partial charge on any atom is -0.455 e. The third-order valence-electron chi connectivity index (χ3n) is 6.22. The molecule has 2 heterocycles. The van der Waals surface area contributed by atoms with Gasteiger partial charge in [-0.2, -0.15) is 0 Å². The summed E-state index contributed by atoms with van der Waals surface area (Å²) in [5.41, 5.74) is 4.93. The number of hydrogen-bond donors (Lipinski definition) is 0. The van der Waals surface area contributed by atoms with Crippen LogP contribution in [0.5, 0.6) is 11.5 Å². The lowest BCUT2D eigenvalue weighted by molar-refractivity contribution is -0.659. The smallest absolute Gasteiger partial charge is 0.228 e. The monoisotopic (exact) mass is 362 g/mol. The van der Waals surface area contributed by atoms with Crippen LogP contribution in [-0.4, -0.2) is 0 Å². The van der Waals surface area contributed by atoms with Crippen LogP contribution in [0, 0.1) is 13.8 Å². The van der Waals surface area contributed by atoms with Crippen molar-refractivity contribution >= 4 is 32.3 Å². The van der Waals surface area contributed by atoms with Gasteiger partial charge in [0.05, 0.1) is 10.9 Å². The largest absolute Gasteiger partial charge is 0.455 e. The maximum absolute atomic E-state index is 6.72. The Morgan fingerprint density at radius 1 is 0.714 bits per heavy atom. The molecule has 5 aromatic rings. The zero-order valence-electron chi connectivity index (χ0n) is 16.2. The lowest BCUT2D eigenvalue weighted by Crippen LogP contribution is -2.32. The highest BCUT2D eigenvalue weighted by Crippen LogP contribution is 2.52. The Morgan fingerprint density at radius 2 is 1.39 bits per heavy atom. The summed E-state index contributed by atoms with van der Waals surface area (Å²) in [7, 11) is 2.13. The first kappa shape index (κ1) is 15.6. The van der Waals surface area contributed by atoms with Crippen LogP contribution in [-0.2, 0) is 7.05 Å². The molecule has 134 valence electrons. The third-order valence-corrected chi connectivity index (χ3v) is 6.22. The summed E-state index contributed by atoms with van der Waals surface area (Å²) in [6.45, 7) is 4.39. The lowest BCUT2D eigenvalue weighted by atomic mass is 9.88. The SMILES string of the molecule is Cc1c2c(c(C)c3ccccc13)-c1c3c(c4ccccc4cc3cc[n+]1C)O2. The van der Waals surface area contributed by atoms with E-state index in [-0.39, 0.29) is 0 Å². The van der Waals surface area contributed by atoms with Gasteiger partial charge >= 0.3 is 0 Å². The summed E-state index contributed by atoms with van der Waals surface area (Å²) in [4.78, 5) is 0. The summed E-state index contributed by atoms with van der Waals surface area (Å²) in [5.74, 6) is 1.97. The number of aromatic nitrogens is 1. The zero-order valence-corrected chi connectivity index (χ0v) is 16.2. The van der Waals surface area contributed by atoms with Crippen LogP contribution in [0.3, 0.4) is 0 Å². The molecule has 2 nitrogen and oxygen atoms in total. The molecular weight excluding hydrogens is 342 g/mol. The number of rotatable bonds is 0. The predicted octanol–water partition coefficient (Wildman–Crippen LogP) is 6.36. The molecule has 28 heavy (non-hydrogen) atoms. The van der Waals surface area contributed by atoms with E-state index in [0.29, 0.717) is 0 Å². The number of fused-ring (bicyclic) bond motifs is 5. The summed E-state index contributed by atoms with van der Waals surface area (Å²) >= 11 is 0. The minimum absolute atomic E-state index is 0.976. The van der Waals surface area contributed by atoms with E-state index in [1.165, 1.54) is 54.7 Å². The van der Waals surface area contributed by atoms with E-state index in [1.807, 2.05) is 0 Å². The van der Waals surface area contributed by atoms with Crippen molar-refractivity contribution < 1.29 is 9.30 Å². The second-order valence-electron chi connectivity index (χ2n) is 7.77. The summed E-state index contributed by atoms with van der Waals surface area (Å²) in [5, 5.41) is 7.36. The molecule has 1 aliphatic heterocycles. The average molecular weight is 362 g/mol. The van der Waals surface area contributed by atoms with Crippen molar-refractivity contribution in [2.24, 2.45) is 7.05 Å². The second kappa shape index (κ2) is 5.32. The fourth-order valence-electron chi connectivity index (χ4n) is 4.83. The van der Waals surface area contributed by atoms with E-state index in [2.05, 4.69) is 92.3 Å². The molecule has 0 atom stereocenters. The first-order valence-corrected chi connectivity index (χ1v) is 9.69. The number of hydrogen-bond acceptors (Lipinski definition) is 1. The van der Waals surface area contributed by atoms with Crippen molar-refractivity contribution in [2.75, 3.05) is 0 Å². The van der Waals surface area contributed by atoms with Gasteiger partial charge in [-0.25, -0.2) is 4.57 Å². The van der Waals surface area contributed by atoms with Gasteiger partial charge in [-0.3, -0.25) is 0 Å². The van der Waals surface area contributed by atoms with Crippen LogP contribution in [0.2, 0.25) is 0 Å². The Labute approximate surface area is 163 Å². The van der Waals surface area contributed by atoms with Gasteiger partial charge in [0.15, 0.2) is 6.20 Å². The van der Waals surface area contributed by atoms with E-state index >= 15 is 0 Å². The molecule has 0 fully saturated rings. The molecule has 0 unspecified atom stereocenters. The molecule has 0 saturated heterocycles. The fraction of sp³-hybridized carbons (Fsp3) is 0.115. The van der Waals surface area contributed by atoms with Crippen LogP contribution in [0.1, 0.15) is 11.1 Å². The van der Waals surface area contributed by atoms with E-state index in [9.17, 15) is 0 Å². The Morgan fingerprint density at radius 3 is 2.18 bits per heavy atom. The predicted molar refractivity (Wildman–Crippen MR) is 115 cm³/mol. The van der Waals surface area contributed by atoms with Crippen LogP contribution in [0.15, 0.2) is 66.9 Å². The van der Waals surface area contributed by atoms with Gasteiger partial charge in [-0.05, 0) is 47.0 Å². The molecule has 0 saturated carbocycles. The van der Waals surface area contributed by atoms with E-state index in [4.69, 9.17) is 4.74 Å². The Bertz CT molecular complexity index is 1460. The second-order valence-corrected chi connectivity index (χ2v) is 7.77. The molecular formula is C26H20NO+. The molecule has 0 spiro atoms. The lowest BCUT2D eigenvalue weighted by Gasteiger charge is -2.25. The molecule has 1 aliphatic rings. The summed E-state index contributed by atoms with van der Waals surface area (Å²) < 4.78 is 8.96. The highest BCUT2D eigenvalue weighted by molar-refractivity contribution is 6.13. The molecule has 0 bridgehead atoms. The maximum Gasteiger partial charge on any atom is 0.228 e. The zero-order chi connectivity index (χ0) is 19.0. The van der Waals surface area contributed by atoms with Gasteiger partial charge in [0.25, 0.3) is 0 Å². The number of nitrogens with zero attached hydrogens (tertiary/aromatic N) is 1. The molecule has 0 aliphatic carbocycles. The van der Waals surface area contributed by atoms with E-state index in [0.717, 1.165) is 11.5 Å². The summed E-state index contributed by atoms with van der Waals surface area (Å²) in [6.07, 6.45) is 2.16. The Kier molecular flexibility index (Phi) is 2.98. The Hall–Kier alpha value is -3.39. The molecule has 0 amide bonds. The van der Waals surface area contributed by atoms with Gasteiger partial charge in [0, 0.05) is 17.0 Å². The van der Waals surface area contributed by atoms with Crippen LogP contribution in [0.25, 0.3) is 43.6 Å². The van der Waals surface area contributed by atoms with Crippen LogP contribution < -0.4 is 9.30 Å². The highest BCUT2D eigenvalue weighted by atomic mass is 16.5. The quantitative estimate of drug-likeness (QED) is 0.226. The van der Waals surface area contributed by atoms with Crippen LogP contribution >= 0.6 is 0 Å². The van der Waals surface area contributed by atoms with E-state index < -0.39 is 0 Å². The van der Waals surface area contributed by atoms with Gasteiger partial charge in [-0.1, -0.05) is 48.5 Å². The number of pyridine rings is 1. The standard InChI is InChI=1S/C26H20NO/c1-15-19-9-6-7-10-20(19)16(2)25-22(15)24-23-18(12-13-27(24)3)14-17-8-4-5-11-21(17)26(23)28-25/h4-14H,1-3H3/q+1. The first-order valence-electron chi connectivity index (χ1n) is 9.69. The topological polar surface area (TPSA) is 13.1 Å². The molecule has 1 aromatic heterocycles. The molecule has 0 N–H and O–H groups in total. The first-order chi connectivity index (χ1) is 13.6. The Balaban J connectivity index is 1.90. The van der Waals surface area contributed by atoms with E-state index in [1.54, 1.807) is 0 Å². The number of ether oxygens (including phenoxy) is 1. The van der Waals surface area contributed by atoms with Crippen molar-refractivity contribution in [2.45, 2.75) is 13.8 Å². The fourth-order valence-corrected chi connectivity index (χ4v) is 4.83. The van der Waals surface area contributed by atoms with Crippen molar-refractivity contribution in [1.82, 2.24) is 0 Å². The normalized spacial score (nSPS) is 12.4. The van der Waals surface area contributed by atoms with Crippen molar-refractivity contribution in [3.63, 3.8) is 0 Å². The van der Waals surface area contributed by atoms with Crippen molar-refractivity contribution in [3.8, 4) is 22.8 Å². The van der Waals surface area contributed by atoms with Crippen LogP contribution in [0.4, 0.5) is 0 Å².